The number of halogens is 2. The number of carbonyl (C=O) groups is 1. The number of aryl methyl sites for hydroxylation is 3. The average Bonchev–Trinajstić information content (AvgIpc) is 3.42. The van der Waals surface area contributed by atoms with E-state index < -0.39 is 11.6 Å². The molecule has 3 heterocycles. The Labute approximate surface area is 219 Å². The number of aromatic amines is 1. The van der Waals surface area contributed by atoms with Gasteiger partial charge in [0.25, 0.3) is 0 Å². The highest BCUT2D eigenvalue weighted by molar-refractivity contribution is 5.89. The summed E-state index contributed by atoms with van der Waals surface area (Å²) in [5, 5.41) is 8.11. The van der Waals surface area contributed by atoms with Crippen LogP contribution in [0, 0.1) is 32.4 Å². The molecule has 1 unspecified atom stereocenters. The molecular formula is C30H28F2N4O2. The summed E-state index contributed by atoms with van der Waals surface area (Å²) in [5.41, 5.74) is 6.50. The molecule has 0 aliphatic carbocycles. The van der Waals surface area contributed by atoms with E-state index in [4.69, 9.17) is 4.52 Å². The number of fused-ring (bicyclic) bond motifs is 1. The predicted octanol–water partition coefficient (Wildman–Crippen LogP) is 6.11. The van der Waals surface area contributed by atoms with Gasteiger partial charge >= 0.3 is 0 Å². The van der Waals surface area contributed by atoms with Gasteiger partial charge in [-0.05, 0) is 68.7 Å². The molecule has 1 amide bonds. The fourth-order valence-corrected chi connectivity index (χ4v) is 5.01. The summed E-state index contributed by atoms with van der Waals surface area (Å²) in [6.45, 7) is 5.92. The Hall–Kier alpha value is -4.33. The third-order valence-corrected chi connectivity index (χ3v) is 6.75. The van der Waals surface area contributed by atoms with Crippen LogP contribution >= 0.6 is 0 Å². The summed E-state index contributed by atoms with van der Waals surface area (Å²) in [6.07, 6.45) is 4.00. The van der Waals surface area contributed by atoms with Crippen LogP contribution in [0.15, 0.2) is 65.4 Å². The Morgan fingerprint density at radius 1 is 1.08 bits per heavy atom. The van der Waals surface area contributed by atoms with Gasteiger partial charge in [0.05, 0.1) is 17.8 Å². The molecule has 8 heteroatoms. The Kier molecular flexibility index (Phi) is 7.05. The van der Waals surface area contributed by atoms with E-state index in [-0.39, 0.29) is 31.2 Å². The van der Waals surface area contributed by atoms with Crippen LogP contribution in [0.5, 0.6) is 0 Å². The lowest BCUT2D eigenvalue weighted by atomic mass is 9.89. The van der Waals surface area contributed by atoms with Crippen LogP contribution in [-0.4, -0.2) is 27.6 Å². The number of carbonyl (C=O) groups excluding carboxylic acids is 1. The van der Waals surface area contributed by atoms with Crippen molar-refractivity contribution >= 4 is 16.8 Å². The molecule has 0 radical (unpaired) electrons. The van der Waals surface area contributed by atoms with Crippen LogP contribution in [-0.2, 0) is 17.6 Å². The fourth-order valence-electron chi connectivity index (χ4n) is 5.01. The first-order valence-corrected chi connectivity index (χ1v) is 12.4. The van der Waals surface area contributed by atoms with E-state index in [2.05, 4.69) is 26.5 Å². The number of rotatable bonds is 8. The zero-order valence-electron chi connectivity index (χ0n) is 21.4. The number of hydrogen-bond donors (Lipinski definition) is 2. The van der Waals surface area contributed by atoms with Crippen molar-refractivity contribution in [3.63, 3.8) is 0 Å². The molecule has 5 aromatic rings. The van der Waals surface area contributed by atoms with Crippen molar-refractivity contribution in [2.45, 2.75) is 39.5 Å². The SMILES string of the molecule is Cc1ccc2[nH]cc(CC(=O)NCC(Cc3cc(F)cc(F)c3)c3ncccc3-c3c(C)noc3C)c2c1. The van der Waals surface area contributed by atoms with Crippen molar-refractivity contribution < 1.29 is 18.1 Å². The van der Waals surface area contributed by atoms with E-state index in [9.17, 15) is 13.6 Å². The molecule has 0 fully saturated rings. The molecule has 0 saturated heterocycles. The van der Waals surface area contributed by atoms with Gasteiger partial charge in [-0.15, -0.1) is 0 Å². The molecule has 0 aliphatic rings. The maximum Gasteiger partial charge on any atom is 0.224 e. The topological polar surface area (TPSA) is 83.8 Å². The van der Waals surface area contributed by atoms with Crippen molar-refractivity contribution in [1.29, 1.82) is 0 Å². The van der Waals surface area contributed by atoms with Gasteiger partial charge in [-0.2, -0.15) is 0 Å². The summed E-state index contributed by atoms with van der Waals surface area (Å²) in [7, 11) is 0. The van der Waals surface area contributed by atoms with Gasteiger partial charge in [-0.25, -0.2) is 8.78 Å². The van der Waals surface area contributed by atoms with E-state index in [1.54, 1.807) is 6.20 Å². The van der Waals surface area contributed by atoms with Crippen LogP contribution < -0.4 is 5.32 Å². The van der Waals surface area contributed by atoms with E-state index in [1.165, 1.54) is 12.1 Å². The number of benzene rings is 2. The van der Waals surface area contributed by atoms with Gasteiger partial charge < -0.3 is 14.8 Å². The standard InChI is InChI=1S/C30H28F2N4O2/c1-17-6-7-27-26(9-17)21(15-34-27)13-28(37)35-16-22(10-20-11-23(31)14-24(32)12-20)30-25(5-4-8-33-30)29-18(2)36-38-19(29)3/h4-9,11-12,14-15,22,34H,10,13,16H2,1-3H3,(H,35,37). The molecule has 2 aromatic carbocycles. The first kappa shape index (κ1) is 25.3. The van der Waals surface area contributed by atoms with Crippen LogP contribution in [0.3, 0.4) is 0 Å². The molecule has 194 valence electrons. The lowest BCUT2D eigenvalue weighted by Gasteiger charge is -2.20. The number of aromatic nitrogens is 3. The molecule has 0 bridgehead atoms. The summed E-state index contributed by atoms with van der Waals surface area (Å²) < 4.78 is 33.4. The van der Waals surface area contributed by atoms with Gasteiger partial charge in [0.2, 0.25) is 5.91 Å². The molecular weight excluding hydrogens is 486 g/mol. The van der Waals surface area contributed by atoms with Crippen LogP contribution in [0.4, 0.5) is 8.78 Å². The average molecular weight is 515 g/mol. The van der Waals surface area contributed by atoms with Gasteiger partial charge in [-0.1, -0.05) is 22.9 Å². The maximum absolute atomic E-state index is 14.0. The molecule has 6 nitrogen and oxygen atoms in total. The molecule has 0 spiro atoms. The Morgan fingerprint density at radius 2 is 1.87 bits per heavy atom. The number of nitrogens with zero attached hydrogens (tertiary/aromatic N) is 2. The van der Waals surface area contributed by atoms with E-state index in [0.29, 0.717) is 22.7 Å². The number of pyridine rings is 1. The molecule has 2 N–H and O–H groups in total. The van der Waals surface area contributed by atoms with Gasteiger partial charge in [0.1, 0.15) is 17.4 Å². The third kappa shape index (κ3) is 5.34. The largest absolute Gasteiger partial charge is 0.361 e. The molecule has 0 aliphatic heterocycles. The Morgan fingerprint density at radius 3 is 2.61 bits per heavy atom. The number of hydrogen-bond acceptors (Lipinski definition) is 4. The van der Waals surface area contributed by atoms with E-state index in [0.717, 1.165) is 39.2 Å². The minimum absolute atomic E-state index is 0.155. The van der Waals surface area contributed by atoms with E-state index in [1.807, 2.05) is 51.2 Å². The second-order valence-electron chi connectivity index (χ2n) is 9.66. The quantitative estimate of drug-likeness (QED) is 0.262. The van der Waals surface area contributed by atoms with Crippen molar-refractivity contribution in [1.82, 2.24) is 20.4 Å². The number of nitrogens with one attached hydrogen (secondary N) is 2. The molecule has 1 atom stereocenters. The molecule has 0 saturated carbocycles. The molecule has 3 aromatic heterocycles. The first-order valence-electron chi connectivity index (χ1n) is 12.4. The predicted molar refractivity (Wildman–Crippen MR) is 142 cm³/mol. The zero-order valence-corrected chi connectivity index (χ0v) is 21.4. The first-order chi connectivity index (χ1) is 18.3. The summed E-state index contributed by atoms with van der Waals surface area (Å²) in [4.78, 5) is 20.9. The number of amides is 1. The second kappa shape index (κ2) is 10.6. The smallest absolute Gasteiger partial charge is 0.224 e. The summed E-state index contributed by atoms with van der Waals surface area (Å²) >= 11 is 0. The third-order valence-electron chi connectivity index (χ3n) is 6.75. The second-order valence-corrected chi connectivity index (χ2v) is 9.66. The van der Waals surface area contributed by atoms with E-state index >= 15 is 0 Å². The zero-order chi connectivity index (χ0) is 26.8. The highest BCUT2D eigenvalue weighted by atomic mass is 19.1. The lowest BCUT2D eigenvalue weighted by molar-refractivity contribution is -0.120. The van der Waals surface area contributed by atoms with Crippen molar-refractivity contribution in [2.24, 2.45) is 0 Å². The van der Waals surface area contributed by atoms with Crippen molar-refractivity contribution in [3.05, 3.63) is 106 Å². The van der Waals surface area contributed by atoms with Crippen LogP contribution in [0.1, 0.15) is 39.8 Å². The van der Waals surface area contributed by atoms with Crippen molar-refractivity contribution in [3.8, 4) is 11.1 Å². The number of H-pyrrole nitrogens is 1. The van der Waals surface area contributed by atoms with Gasteiger partial charge in [-0.3, -0.25) is 9.78 Å². The van der Waals surface area contributed by atoms with Crippen LogP contribution in [0.25, 0.3) is 22.0 Å². The van der Waals surface area contributed by atoms with Crippen molar-refractivity contribution in [2.75, 3.05) is 6.54 Å². The van der Waals surface area contributed by atoms with Crippen LogP contribution in [0.2, 0.25) is 0 Å². The summed E-state index contributed by atoms with van der Waals surface area (Å²) in [5.74, 6) is -1.17. The van der Waals surface area contributed by atoms with Gasteiger partial charge in [0.15, 0.2) is 0 Å². The maximum atomic E-state index is 14.0. The minimum Gasteiger partial charge on any atom is -0.361 e. The Balaban J connectivity index is 1.44. The highest BCUT2D eigenvalue weighted by Crippen LogP contribution is 2.34. The van der Waals surface area contributed by atoms with Gasteiger partial charge in [0, 0.05) is 53.0 Å². The monoisotopic (exact) mass is 514 g/mol. The Bertz CT molecular complexity index is 1580. The highest BCUT2D eigenvalue weighted by Gasteiger charge is 2.23. The molecule has 5 rings (SSSR count). The fraction of sp³-hybridized carbons (Fsp3) is 0.233. The normalized spacial score (nSPS) is 12.1. The minimum atomic E-state index is -0.649. The molecule has 38 heavy (non-hydrogen) atoms. The summed E-state index contributed by atoms with van der Waals surface area (Å²) in [6, 6.07) is 13.3. The lowest BCUT2D eigenvalue weighted by Crippen LogP contribution is -2.31.